The minimum Gasteiger partial charge on any atom is -0.495 e. The summed E-state index contributed by atoms with van der Waals surface area (Å²) in [6.07, 6.45) is 2.52. The Balaban J connectivity index is 1.59. The Kier molecular flexibility index (Phi) is 5.62. The van der Waals surface area contributed by atoms with Crippen molar-refractivity contribution < 1.29 is 14.3 Å². The number of nitrogens with zero attached hydrogens (tertiary/aromatic N) is 4. The molecule has 2 heterocycles. The van der Waals surface area contributed by atoms with E-state index in [1.54, 1.807) is 42.2 Å². The van der Waals surface area contributed by atoms with E-state index in [1.807, 2.05) is 25.1 Å². The number of fused-ring (bicyclic) bond motifs is 1. The lowest BCUT2D eigenvalue weighted by Crippen LogP contribution is -2.14. The maximum atomic E-state index is 12.9. The molecule has 2 aromatic heterocycles. The molecule has 0 aliphatic carbocycles. The van der Waals surface area contributed by atoms with Crippen molar-refractivity contribution in [2.45, 2.75) is 26.4 Å². The average molecular weight is 423 g/mol. The largest absolute Gasteiger partial charge is 0.495 e. The Morgan fingerprint density at radius 1 is 1.27 bits per heavy atom. The molecule has 0 fully saturated rings. The van der Waals surface area contributed by atoms with Gasteiger partial charge in [0, 0.05) is 11.1 Å². The lowest BCUT2D eigenvalue weighted by atomic mass is 10.1. The summed E-state index contributed by atoms with van der Waals surface area (Å²) in [7, 11) is 1.56. The van der Waals surface area contributed by atoms with Crippen LogP contribution in [0.5, 0.6) is 11.5 Å². The number of hydrogen-bond acceptors (Lipinski definition) is 7. The molecule has 0 saturated carbocycles. The van der Waals surface area contributed by atoms with E-state index in [-0.39, 0.29) is 12.0 Å². The summed E-state index contributed by atoms with van der Waals surface area (Å²) < 4.78 is 12.9. The first-order chi connectivity index (χ1) is 14.6. The van der Waals surface area contributed by atoms with Crippen molar-refractivity contribution >= 4 is 27.9 Å². The Hall–Kier alpha value is -3.46. The highest BCUT2D eigenvalue weighted by atomic mass is 32.1. The molecule has 0 radical (unpaired) electrons. The van der Waals surface area contributed by atoms with Gasteiger partial charge in [-0.3, -0.25) is 4.79 Å². The zero-order chi connectivity index (χ0) is 21.1. The van der Waals surface area contributed by atoms with E-state index >= 15 is 0 Å². The number of hydrogen-bond donors (Lipinski definition) is 1. The van der Waals surface area contributed by atoms with Crippen molar-refractivity contribution in [3.8, 4) is 22.1 Å². The minimum absolute atomic E-state index is 0.0784. The second kappa shape index (κ2) is 8.50. The molecule has 0 saturated heterocycles. The van der Waals surface area contributed by atoms with Gasteiger partial charge in [-0.1, -0.05) is 24.3 Å². The number of nitrogens with one attached hydrogen (secondary N) is 1. The Labute approximate surface area is 177 Å². The summed E-state index contributed by atoms with van der Waals surface area (Å²) in [4.78, 5) is 13.6. The first-order valence-corrected chi connectivity index (χ1v) is 10.3. The highest BCUT2D eigenvalue weighted by molar-refractivity contribution is 7.19. The van der Waals surface area contributed by atoms with Gasteiger partial charge in [-0.05, 0) is 49.7 Å². The van der Waals surface area contributed by atoms with Gasteiger partial charge in [0.15, 0.2) is 0 Å². The summed E-state index contributed by atoms with van der Waals surface area (Å²) in [5, 5.41) is 16.0. The third-order valence-corrected chi connectivity index (χ3v) is 5.55. The van der Waals surface area contributed by atoms with Crippen molar-refractivity contribution in [3.63, 3.8) is 0 Å². The van der Waals surface area contributed by atoms with Gasteiger partial charge in [-0.2, -0.15) is 9.61 Å². The van der Waals surface area contributed by atoms with Crippen LogP contribution in [0, 0.1) is 0 Å². The number of ether oxygens (including phenoxy) is 2. The third-order valence-electron chi connectivity index (χ3n) is 4.59. The van der Waals surface area contributed by atoms with Crippen molar-refractivity contribution in [2.75, 3.05) is 12.4 Å². The van der Waals surface area contributed by atoms with E-state index in [0.717, 1.165) is 17.0 Å². The van der Waals surface area contributed by atoms with E-state index < -0.39 is 0 Å². The molecule has 2 aromatic carbocycles. The number of anilines is 1. The summed E-state index contributed by atoms with van der Waals surface area (Å²) >= 11 is 1.41. The number of rotatable bonds is 7. The van der Waals surface area contributed by atoms with Gasteiger partial charge in [0.1, 0.15) is 22.8 Å². The van der Waals surface area contributed by atoms with Crippen LogP contribution in [0.1, 0.15) is 30.6 Å². The quantitative estimate of drug-likeness (QED) is 0.477. The normalized spacial score (nSPS) is 12.0. The molecule has 0 spiro atoms. The molecule has 4 aromatic rings. The van der Waals surface area contributed by atoms with E-state index in [1.165, 1.54) is 11.3 Å². The lowest BCUT2D eigenvalue weighted by Gasteiger charge is -2.14. The molecular formula is C21H21N5O3S. The predicted molar refractivity (Wildman–Crippen MR) is 115 cm³/mol. The smallest absolute Gasteiger partial charge is 0.255 e. The summed E-state index contributed by atoms with van der Waals surface area (Å²) in [5.74, 6) is 0.970. The van der Waals surface area contributed by atoms with E-state index in [2.05, 4.69) is 27.5 Å². The maximum absolute atomic E-state index is 12.9. The van der Waals surface area contributed by atoms with Crippen LogP contribution in [0.4, 0.5) is 5.69 Å². The van der Waals surface area contributed by atoms with Gasteiger partial charge in [-0.25, -0.2) is 0 Å². The van der Waals surface area contributed by atoms with Crippen molar-refractivity contribution in [2.24, 2.45) is 0 Å². The molecule has 0 aliphatic heterocycles. The second-order valence-electron chi connectivity index (χ2n) is 6.70. The van der Waals surface area contributed by atoms with E-state index in [9.17, 15) is 4.79 Å². The zero-order valence-corrected chi connectivity index (χ0v) is 17.6. The zero-order valence-electron chi connectivity index (χ0n) is 16.8. The second-order valence-corrected chi connectivity index (χ2v) is 7.66. The molecule has 1 atom stereocenters. The highest BCUT2D eigenvalue weighted by Crippen LogP contribution is 2.33. The molecule has 0 bridgehead atoms. The molecule has 1 amide bonds. The summed E-state index contributed by atoms with van der Waals surface area (Å²) in [5.41, 5.74) is 1.90. The van der Waals surface area contributed by atoms with Crippen LogP contribution < -0.4 is 14.8 Å². The predicted octanol–water partition coefficient (Wildman–Crippen LogP) is 4.29. The summed E-state index contributed by atoms with van der Waals surface area (Å²) in [6, 6.07) is 12.7. The van der Waals surface area contributed by atoms with Crippen LogP contribution in [0.2, 0.25) is 0 Å². The van der Waals surface area contributed by atoms with Crippen LogP contribution >= 0.6 is 11.3 Å². The molecule has 154 valence electrons. The van der Waals surface area contributed by atoms with Gasteiger partial charge in [0.2, 0.25) is 4.96 Å². The summed E-state index contributed by atoms with van der Waals surface area (Å²) in [6.45, 7) is 4.05. The molecule has 0 aliphatic rings. The van der Waals surface area contributed by atoms with Crippen molar-refractivity contribution in [3.05, 3.63) is 54.4 Å². The average Bonchev–Trinajstić information content (AvgIpc) is 3.36. The Morgan fingerprint density at radius 2 is 2.13 bits per heavy atom. The molecule has 8 nitrogen and oxygen atoms in total. The lowest BCUT2D eigenvalue weighted by molar-refractivity contribution is 0.102. The van der Waals surface area contributed by atoms with Crippen LogP contribution in [-0.2, 0) is 0 Å². The molecule has 1 N–H and O–H groups in total. The van der Waals surface area contributed by atoms with Gasteiger partial charge in [0.05, 0.1) is 18.9 Å². The molecule has 30 heavy (non-hydrogen) atoms. The van der Waals surface area contributed by atoms with Crippen LogP contribution in [0.3, 0.4) is 0 Å². The fraction of sp³-hybridized carbons (Fsp3) is 0.238. The number of methoxy groups -OCH3 is 1. The topological polar surface area (TPSA) is 90.6 Å². The first-order valence-electron chi connectivity index (χ1n) is 9.50. The minimum atomic E-state index is -0.252. The van der Waals surface area contributed by atoms with Crippen LogP contribution in [0.15, 0.2) is 48.8 Å². The highest BCUT2D eigenvalue weighted by Gasteiger charge is 2.15. The van der Waals surface area contributed by atoms with Crippen LogP contribution in [0.25, 0.3) is 15.5 Å². The number of carbonyl (C=O) groups is 1. The fourth-order valence-electron chi connectivity index (χ4n) is 2.84. The van der Waals surface area contributed by atoms with Gasteiger partial charge < -0.3 is 14.8 Å². The van der Waals surface area contributed by atoms with Gasteiger partial charge >= 0.3 is 0 Å². The Morgan fingerprint density at radius 3 is 2.90 bits per heavy atom. The number of amides is 1. The SMILES string of the molecule is CCC(C)Oc1cccc(C(=O)Nc2cc(-c3nn4cnnc4s3)ccc2OC)c1. The number of benzene rings is 2. The number of carbonyl (C=O) groups excluding carboxylic acids is 1. The Bertz CT molecular complexity index is 1160. The molecule has 9 heteroatoms. The standard InChI is InChI=1S/C21H21N5O3S/c1-4-13(2)29-16-7-5-6-14(10-16)19(27)23-17-11-15(8-9-18(17)28-3)20-25-26-12-22-24-21(26)30-20/h5-13H,4H2,1-3H3,(H,23,27). The monoisotopic (exact) mass is 423 g/mol. The molecule has 1 unspecified atom stereocenters. The maximum Gasteiger partial charge on any atom is 0.255 e. The first kappa shape index (κ1) is 19.8. The van der Waals surface area contributed by atoms with Crippen molar-refractivity contribution in [1.82, 2.24) is 19.8 Å². The van der Waals surface area contributed by atoms with Gasteiger partial charge in [0.25, 0.3) is 5.91 Å². The molecule has 4 rings (SSSR count). The number of aromatic nitrogens is 4. The fourth-order valence-corrected chi connectivity index (χ4v) is 3.65. The molecular weight excluding hydrogens is 402 g/mol. The van der Waals surface area contributed by atoms with Crippen molar-refractivity contribution in [1.29, 1.82) is 0 Å². The van der Waals surface area contributed by atoms with Crippen LogP contribution in [-0.4, -0.2) is 38.9 Å². The van der Waals surface area contributed by atoms with E-state index in [0.29, 0.717) is 27.7 Å². The van der Waals surface area contributed by atoms with Gasteiger partial charge in [-0.15, -0.1) is 10.2 Å². The van der Waals surface area contributed by atoms with E-state index in [4.69, 9.17) is 9.47 Å². The third kappa shape index (κ3) is 4.11.